The van der Waals surface area contributed by atoms with Gasteiger partial charge in [0.05, 0.1) is 16.9 Å². The number of hydrogen-bond donors (Lipinski definition) is 1. The lowest BCUT2D eigenvalue weighted by Crippen LogP contribution is -2.45. The second kappa shape index (κ2) is 4.62. The molecule has 0 atom stereocenters. The maximum atomic E-state index is 12.7. The zero-order valence-corrected chi connectivity index (χ0v) is 12.1. The molecule has 0 fully saturated rings. The van der Waals surface area contributed by atoms with Crippen LogP contribution in [0.5, 0.6) is 0 Å². The molecule has 0 aromatic heterocycles. The van der Waals surface area contributed by atoms with Gasteiger partial charge in [0.15, 0.2) is 0 Å². The number of allylic oxidation sites excluding steroid dienone is 4. The van der Waals surface area contributed by atoms with Crippen molar-refractivity contribution in [3.8, 4) is 0 Å². The van der Waals surface area contributed by atoms with E-state index in [-0.39, 0.29) is 5.91 Å². The second-order valence-corrected chi connectivity index (χ2v) is 5.67. The Balaban J connectivity index is 1.79. The number of hydrogen-bond acceptors (Lipinski definition) is 2. The lowest BCUT2D eigenvalue weighted by Gasteiger charge is -2.42. The van der Waals surface area contributed by atoms with E-state index in [1.807, 2.05) is 36.2 Å². The maximum absolute atomic E-state index is 12.7. The first-order chi connectivity index (χ1) is 10.3. The molecule has 0 radical (unpaired) electrons. The number of benzene rings is 1. The molecule has 1 aromatic carbocycles. The Morgan fingerprint density at radius 2 is 2.00 bits per heavy atom. The van der Waals surface area contributed by atoms with Crippen LogP contribution in [0.1, 0.15) is 25.7 Å². The first-order valence-electron chi connectivity index (χ1n) is 7.54. The number of amides is 1. The third-order valence-electron chi connectivity index (χ3n) is 4.59. The Morgan fingerprint density at radius 1 is 1.14 bits per heavy atom. The second-order valence-electron chi connectivity index (χ2n) is 5.67. The van der Waals surface area contributed by atoms with Crippen LogP contribution in [0.15, 0.2) is 58.8 Å². The summed E-state index contributed by atoms with van der Waals surface area (Å²) in [5, 5.41) is 3.18. The summed E-state index contributed by atoms with van der Waals surface area (Å²) >= 11 is 0. The molecule has 4 rings (SSSR count). The van der Waals surface area contributed by atoms with Gasteiger partial charge in [-0.25, -0.2) is 0 Å². The van der Waals surface area contributed by atoms with Gasteiger partial charge in [0.1, 0.15) is 0 Å². The molecule has 3 nitrogen and oxygen atoms in total. The summed E-state index contributed by atoms with van der Waals surface area (Å²) in [6, 6.07) is 8.00. The smallest absolute Gasteiger partial charge is 0.264 e. The molecular weight excluding hydrogens is 260 g/mol. The van der Waals surface area contributed by atoms with E-state index in [0.717, 1.165) is 42.6 Å². The number of carbonyl (C=O) groups excluding carboxylic acids is 1. The van der Waals surface area contributed by atoms with Gasteiger partial charge < -0.3 is 5.32 Å². The Hall–Kier alpha value is -2.29. The van der Waals surface area contributed by atoms with Crippen molar-refractivity contribution >= 4 is 17.3 Å². The van der Waals surface area contributed by atoms with E-state index >= 15 is 0 Å². The highest BCUT2D eigenvalue weighted by atomic mass is 16.2. The van der Waals surface area contributed by atoms with Crippen molar-refractivity contribution in [2.45, 2.75) is 25.7 Å². The molecule has 3 aliphatic rings. The van der Waals surface area contributed by atoms with E-state index in [1.54, 1.807) is 0 Å². The van der Waals surface area contributed by atoms with E-state index in [0.29, 0.717) is 0 Å². The average Bonchev–Trinajstić information content (AvgIpc) is 2.54. The molecule has 1 amide bonds. The van der Waals surface area contributed by atoms with Crippen LogP contribution in [0.25, 0.3) is 0 Å². The average molecular weight is 278 g/mol. The van der Waals surface area contributed by atoms with Crippen molar-refractivity contribution in [2.24, 2.45) is 0 Å². The largest absolute Gasteiger partial charge is 0.386 e. The third kappa shape index (κ3) is 1.70. The molecule has 1 heterocycles. The van der Waals surface area contributed by atoms with Crippen LogP contribution in [0.2, 0.25) is 0 Å². The summed E-state index contributed by atoms with van der Waals surface area (Å²) in [6.07, 6.45) is 8.51. The van der Waals surface area contributed by atoms with Crippen LogP contribution in [0, 0.1) is 0 Å². The normalized spacial score (nSPS) is 20.2. The zero-order chi connectivity index (χ0) is 14.4. The van der Waals surface area contributed by atoms with Gasteiger partial charge in [0, 0.05) is 12.7 Å². The minimum absolute atomic E-state index is 0.162. The van der Waals surface area contributed by atoms with E-state index in [4.69, 9.17) is 0 Å². The fourth-order valence-corrected chi connectivity index (χ4v) is 3.58. The van der Waals surface area contributed by atoms with Gasteiger partial charge in [0.25, 0.3) is 5.91 Å². The Kier molecular flexibility index (Phi) is 2.74. The molecule has 1 N–H and O–H groups in total. The molecule has 0 unspecified atom stereocenters. The minimum atomic E-state index is 0.162. The molecule has 106 valence electrons. The molecule has 0 spiro atoms. The Bertz CT molecular complexity index is 724. The van der Waals surface area contributed by atoms with Crippen molar-refractivity contribution in [3.05, 3.63) is 58.8 Å². The van der Waals surface area contributed by atoms with Crippen LogP contribution in [0.3, 0.4) is 0 Å². The number of fused-ring (bicyclic) bond motifs is 1. The summed E-state index contributed by atoms with van der Waals surface area (Å²) < 4.78 is 0. The standard InChI is InChI=1S/C18H18N2O/c1-19-14-8-4-5-9-15(14)20-16-11-10-12-6-2-3-7-13(12)17(16)18(20)21/h2,4-6,8-9,19H,3,7,10-11H2,1H3. The lowest BCUT2D eigenvalue weighted by molar-refractivity contribution is -0.116. The van der Waals surface area contributed by atoms with Gasteiger partial charge >= 0.3 is 0 Å². The van der Waals surface area contributed by atoms with E-state index in [2.05, 4.69) is 17.5 Å². The topological polar surface area (TPSA) is 32.3 Å². The van der Waals surface area contributed by atoms with Gasteiger partial charge in [-0.3, -0.25) is 9.69 Å². The highest BCUT2D eigenvalue weighted by Crippen LogP contribution is 2.47. The van der Waals surface area contributed by atoms with Crippen LogP contribution in [-0.4, -0.2) is 13.0 Å². The molecule has 21 heavy (non-hydrogen) atoms. The summed E-state index contributed by atoms with van der Waals surface area (Å²) in [7, 11) is 1.89. The Labute approximate surface area is 124 Å². The van der Waals surface area contributed by atoms with Crippen LogP contribution < -0.4 is 10.2 Å². The first kappa shape index (κ1) is 12.5. The highest BCUT2D eigenvalue weighted by Gasteiger charge is 2.42. The summed E-state index contributed by atoms with van der Waals surface area (Å²) in [6.45, 7) is 0. The predicted molar refractivity (Wildman–Crippen MR) is 85.1 cm³/mol. The predicted octanol–water partition coefficient (Wildman–Crippen LogP) is 3.77. The molecule has 0 saturated heterocycles. The molecule has 2 aliphatic carbocycles. The molecule has 3 heteroatoms. The molecule has 0 saturated carbocycles. The van der Waals surface area contributed by atoms with E-state index in [9.17, 15) is 4.79 Å². The van der Waals surface area contributed by atoms with Gasteiger partial charge in [-0.1, -0.05) is 24.3 Å². The number of carbonyl (C=O) groups is 1. The van der Waals surface area contributed by atoms with Gasteiger partial charge in [-0.05, 0) is 49.0 Å². The molecule has 1 aliphatic heterocycles. The number of anilines is 2. The van der Waals surface area contributed by atoms with Crippen molar-refractivity contribution < 1.29 is 4.79 Å². The number of nitrogens with one attached hydrogen (secondary N) is 1. The zero-order valence-electron chi connectivity index (χ0n) is 12.1. The minimum Gasteiger partial charge on any atom is -0.386 e. The lowest BCUT2D eigenvalue weighted by atomic mass is 9.78. The van der Waals surface area contributed by atoms with Crippen molar-refractivity contribution in [1.82, 2.24) is 0 Å². The van der Waals surface area contributed by atoms with Crippen LogP contribution >= 0.6 is 0 Å². The maximum Gasteiger partial charge on any atom is 0.264 e. The fraction of sp³-hybridized carbons (Fsp3) is 0.278. The molecule has 0 bridgehead atoms. The van der Waals surface area contributed by atoms with Crippen molar-refractivity contribution in [2.75, 3.05) is 17.3 Å². The fourth-order valence-electron chi connectivity index (χ4n) is 3.58. The summed E-state index contributed by atoms with van der Waals surface area (Å²) in [4.78, 5) is 14.6. The molecule has 1 aromatic rings. The van der Waals surface area contributed by atoms with E-state index in [1.165, 1.54) is 16.8 Å². The monoisotopic (exact) mass is 278 g/mol. The number of nitrogens with zero attached hydrogens (tertiary/aromatic N) is 1. The highest BCUT2D eigenvalue weighted by molar-refractivity contribution is 6.20. The molecular formula is C18H18N2O. The van der Waals surface area contributed by atoms with Gasteiger partial charge in [-0.2, -0.15) is 0 Å². The Morgan fingerprint density at radius 3 is 2.86 bits per heavy atom. The SMILES string of the molecule is CNc1ccccc1N1C(=O)C2=C1CCC1=C2CCC=C1. The number of para-hydroxylation sites is 2. The van der Waals surface area contributed by atoms with Crippen molar-refractivity contribution in [1.29, 1.82) is 0 Å². The van der Waals surface area contributed by atoms with Crippen LogP contribution in [-0.2, 0) is 4.79 Å². The van der Waals surface area contributed by atoms with Crippen molar-refractivity contribution in [3.63, 3.8) is 0 Å². The quantitative estimate of drug-likeness (QED) is 0.893. The van der Waals surface area contributed by atoms with Gasteiger partial charge in [-0.15, -0.1) is 0 Å². The summed E-state index contributed by atoms with van der Waals surface area (Å²) in [5.74, 6) is 0.162. The van der Waals surface area contributed by atoms with Gasteiger partial charge in [0.2, 0.25) is 0 Å². The number of rotatable bonds is 2. The summed E-state index contributed by atoms with van der Waals surface area (Å²) in [5.41, 5.74) is 6.83. The first-order valence-corrected chi connectivity index (χ1v) is 7.54. The third-order valence-corrected chi connectivity index (χ3v) is 4.59. The van der Waals surface area contributed by atoms with E-state index < -0.39 is 0 Å². The van der Waals surface area contributed by atoms with Crippen LogP contribution in [0.4, 0.5) is 11.4 Å².